The van der Waals surface area contributed by atoms with Crippen molar-refractivity contribution >= 4 is 51.9 Å². The molecule has 3 aromatic rings. The molecule has 2 aliphatic rings. The third kappa shape index (κ3) is 4.44. The predicted molar refractivity (Wildman–Crippen MR) is 143 cm³/mol. The second kappa shape index (κ2) is 9.80. The lowest BCUT2D eigenvalue weighted by molar-refractivity contribution is -0.111. The van der Waals surface area contributed by atoms with Gasteiger partial charge >= 0.3 is 0 Å². The average molecular weight is 509 g/mol. The van der Waals surface area contributed by atoms with Crippen molar-refractivity contribution in [2.45, 2.75) is 25.9 Å². The minimum atomic E-state index is -0.472. The van der Waals surface area contributed by atoms with Gasteiger partial charge in [0.25, 0.3) is 0 Å². The summed E-state index contributed by atoms with van der Waals surface area (Å²) in [4.78, 5) is 17.2. The smallest absolute Gasteiger partial charge is 0.198 e. The van der Waals surface area contributed by atoms with Crippen LogP contribution in [-0.2, 0) is 4.79 Å². The normalized spacial score (nSPS) is 17.7. The van der Waals surface area contributed by atoms with E-state index < -0.39 is 6.17 Å². The highest BCUT2D eigenvalue weighted by Crippen LogP contribution is 2.43. The fraction of sp³-hybridized carbons (Fsp3) is 0.259. The van der Waals surface area contributed by atoms with Crippen LogP contribution in [0.3, 0.4) is 0 Å². The zero-order valence-electron chi connectivity index (χ0n) is 19.6. The average Bonchev–Trinajstić information content (AvgIpc) is 3.54. The Balaban J connectivity index is 1.64. The number of amidine groups is 1. The van der Waals surface area contributed by atoms with E-state index in [1.807, 2.05) is 47.4 Å². The van der Waals surface area contributed by atoms with E-state index in [9.17, 15) is 4.79 Å². The Morgan fingerprint density at radius 3 is 2.23 bits per heavy atom. The number of hydrogen-bond acceptors (Lipinski definition) is 6. The van der Waals surface area contributed by atoms with E-state index in [1.165, 1.54) is 25.5 Å². The van der Waals surface area contributed by atoms with Gasteiger partial charge in [-0.3, -0.25) is 9.69 Å². The molecule has 0 radical (unpaired) electrons. The number of Topliss-reactive ketones (excluding diaryl/α,β-unsaturated/α-hetero) is 1. The number of halogens is 2. The van der Waals surface area contributed by atoms with Crippen LogP contribution < -0.4 is 19.5 Å². The Kier molecular flexibility index (Phi) is 6.58. The number of methoxy groups -OCH3 is 1. The molecule has 8 heteroatoms. The summed E-state index contributed by atoms with van der Waals surface area (Å²) in [6.45, 7) is 3.67. The lowest BCUT2D eigenvalue weighted by Gasteiger charge is -2.33. The molecule has 0 aliphatic carbocycles. The molecule has 0 N–H and O–H groups in total. The molecule has 2 aliphatic heterocycles. The fourth-order valence-corrected chi connectivity index (χ4v) is 5.00. The Morgan fingerprint density at radius 2 is 1.57 bits per heavy atom. The number of rotatable bonds is 6. The van der Waals surface area contributed by atoms with E-state index in [1.54, 1.807) is 24.3 Å². The molecule has 1 atom stereocenters. The van der Waals surface area contributed by atoms with Crippen LogP contribution in [-0.4, -0.2) is 31.8 Å². The van der Waals surface area contributed by atoms with Crippen LogP contribution in [0.15, 0.2) is 71.8 Å². The van der Waals surface area contributed by atoms with Crippen molar-refractivity contribution in [3.8, 4) is 5.75 Å². The van der Waals surface area contributed by atoms with Gasteiger partial charge < -0.3 is 9.64 Å². The first-order valence-corrected chi connectivity index (χ1v) is 12.3. The lowest BCUT2D eigenvalue weighted by atomic mass is 10.1. The minimum absolute atomic E-state index is 0.143. The molecule has 0 saturated carbocycles. The largest absolute Gasteiger partial charge is 0.496 e. The summed E-state index contributed by atoms with van der Waals surface area (Å²) in [5, 5.41) is 7.44. The summed E-state index contributed by atoms with van der Waals surface area (Å²) in [5.41, 5.74) is 3.62. The molecular weight excluding hydrogens is 483 g/mol. The number of hydrogen-bond donors (Lipinski definition) is 0. The van der Waals surface area contributed by atoms with Gasteiger partial charge in [-0.05, 0) is 61.4 Å². The van der Waals surface area contributed by atoms with Crippen molar-refractivity contribution in [2.24, 2.45) is 5.10 Å². The first-order chi connectivity index (χ1) is 17.0. The van der Waals surface area contributed by atoms with Gasteiger partial charge in [-0.1, -0.05) is 41.4 Å². The van der Waals surface area contributed by atoms with Gasteiger partial charge in [0.15, 0.2) is 17.8 Å². The molecule has 6 nitrogen and oxygen atoms in total. The highest BCUT2D eigenvalue weighted by atomic mass is 35.5. The Morgan fingerprint density at radius 1 is 0.914 bits per heavy atom. The van der Waals surface area contributed by atoms with Crippen LogP contribution >= 0.6 is 23.2 Å². The second-order valence-electron chi connectivity index (χ2n) is 8.62. The fourth-order valence-electron chi connectivity index (χ4n) is 4.71. The van der Waals surface area contributed by atoms with Gasteiger partial charge in [-0.2, -0.15) is 0 Å². The van der Waals surface area contributed by atoms with Crippen molar-refractivity contribution in [3.63, 3.8) is 0 Å². The molecule has 1 saturated heterocycles. The molecule has 3 aromatic carbocycles. The minimum Gasteiger partial charge on any atom is -0.496 e. The number of para-hydroxylation sites is 1. The summed E-state index contributed by atoms with van der Waals surface area (Å²) < 4.78 is 5.71. The number of carbonyl (C=O) groups excluding carboxylic acids is 1. The molecule has 1 fully saturated rings. The summed E-state index contributed by atoms with van der Waals surface area (Å²) in [5.74, 6) is 0.887. The Hall–Kier alpha value is -3.22. The molecule has 0 amide bonds. The third-order valence-electron chi connectivity index (χ3n) is 6.41. The number of anilines is 3. The van der Waals surface area contributed by atoms with Crippen LogP contribution in [0, 0.1) is 0 Å². The monoisotopic (exact) mass is 508 g/mol. The van der Waals surface area contributed by atoms with Crippen LogP contribution in [0.25, 0.3) is 0 Å². The first kappa shape index (κ1) is 23.5. The molecule has 0 spiro atoms. The third-order valence-corrected chi connectivity index (χ3v) is 7.14. The maximum atomic E-state index is 12.8. The van der Waals surface area contributed by atoms with E-state index in [0.717, 1.165) is 24.3 Å². The number of benzene rings is 3. The van der Waals surface area contributed by atoms with Crippen LogP contribution in [0.2, 0.25) is 10.0 Å². The van der Waals surface area contributed by atoms with E-state index in [0.29, 0.717) is 27.3 Å². The van der Waals surface area contributed by atoms with Crippen molar-refractivity contribution in [2.75, 3.05) is 35.0 Å². The maximum Gasteiger partial charge on any atom is 0.198 e. The van der Waals surface area contributed by atoms with Gasteiger partial charge in [-0.25, -0.2) is 5.01 Å². The van der Waals surface area contributed by atoms with E-state index in [-0.39, 0.29) is 5.78 Å². The van der Waals surface area contributed by atoms with Gasteiger partial charge in [0.1, 0.15) is 5.75 Å². The number of carbonyl (C=O) groups is 1. The molecule has 0 aromatic heterocycles. The number of hydrazone groups is 1. The highest BCUT2D eigenvalue weighted by Gasteiger charge is 2.40. The topological polar surface area (TPSA) is 48.4 Å². The summed E-state index contributed by atoms with van der Waals surface area (Å²) >= 11 is 12.5. The predicted octanol–water partition coefficient (Wildman–Crippen LogP) is 6.53. The van der Waals surface area contributed by atoms with E-state index in [2.05, 4.69) is 17.0 Å². The van der Waals surface area contributed by atoms with Crippen molar-refractivity contribution < 1.29 is 9.53 Å². The van der Waals surface area contributed by atoms with Crippen LogP contribution in [0.4, 0.5) is 17.1 Å². The standard InChI is InChI=1S/C27H26Cl2N4O2/c1-18(34)26-30-33(21-13-14-23(28)24(29)17-21)27(22-7-3-4-8-25(22)35-2)32(26)20-11-9-19(10-12-20)31-15-5-6-16-31/h3-4,7-14,17,27H,5-6,15-16H2,1-2H3. The number of ether oxygens (including phenoxy) is 1. The Labute approximate surface area is 215 Å². The summed E-state index contributed by atoms with van der Waals surface area (Å²) in [7, 11) is 1.64. The second-order valence-corrected chi connectivity index (χ2v) is 9.43. The number of nitrogens with zero attached hydrogens (tertiary/aromatic N) is 4. The zero-order chi connectivity index (χ0) is 24.5. The molecule has 35 heavy (non-hydrogen) atoms. The van der Waals surface area contributed by atoms with Crippen molar-refractivity contribution in [1.29, 1.82) is 0 Å². The first-order valence-electron chi connectivity index (χ1n) is 11.6. The van der Waals surface area contributed by atoms with Gasteiger partial charge in [0.05, 0.1) is 22.8 Å². The van der Waals surface area contributed by atoms with Crippen LogP contribution in [0.5, 0.6) is 5.75 Å². The lowest BCUT2D eigenvalue weighted by Crippen LogP contribution is -2.38. The zero-order valence-corrected chi connectivity index (χ0v) is 21.1. The molecule has 5 rings (SSSR count). The molecule has 1 unspecified atom stereocenters. The molecule has 2 heterocycles. The van der Waals surface area contributed by atoms with Gasteiger partial charge in [0.2, 0.25) is 0 Å². The molecule has 0 bridgehead atoms. The highest BCUT2D eigenvalue weighted by molar-refractivity contribution is 6.44. The van der Waals surface area contributed by atoms with Crippen molar-refractivity contribution in [3.05, 3.63) is 82.3 Å². The quantitative estimate of drug-likeness (QED) is 0.378. The molecular formula is C27H26Cl2N4O2. The summed E-state index contributed by atoms with van der Waals surface area (Å²) in [6.07, 6.45) is 1.95. The van der Waals surface area contributed by atoms with Crippen molar-refractivity contribution in [1.82, 2.24) is 0 Å². The maximum absolute atomic E-state index is 12.8. The summed E-state index contributed by atoms with van der Waals surface area (Å²) in [6, 6.07) is 21.4. The van der Waals surface area contributed by atoms with E-state index >= 15 is 0 Å². The number of ketones is 1. The SMILES string of the molecule is COc1ccccc1C1N(c2ccc(Cl)c(Cl)c2)N=C(C(C)=O)N1c1ccc(N2CCCC2)cc1. The van der Waals surface area contributed by atoms with Crippen LogP contribution in [0.1, 0.15) is 31.5 Å². The van der Waals surface area contributed by atoms with E-state index in [4.69, 9.17) is 33.0 Å². The van der Waals surface area contributed by atoms with Gasteiger partial charge in [-0.15, -0.1) is 5.10 Å². The van der Waals surface area contributed by atoms with Gasteiger partial charge in [0, 0.05) is 37.0 Å². The Bertz CT molecular complexity index is 1270. The molecule has 180 valence electrons.